The van der Waals surface area contributed by atoms with E-state index < -0.39 is 70.0 Å². The van der Waals surface area contributed by atoms with Crippen LogP contribution in [0.2, 0.25) is 0 Å². The van der Waals surface area contributed by atoms with Crippen molar-refractivity contribution >= 4 is 140 Å². The fourth-order valence-electron chi connectivity index (χ4n) is 4.91. The molecule has 0 saturated heterocycles. The number of carbonyl (C=O) groups excluding carboxylic acids is 4. The third-order valence-corrected chi connectivity index (χ3v) is 12.9. The molecule has 0 aliphatic carbocycles. The van der Waals surface area contributed by atoms with Gasteiger partial charge in [0.15, 0.2) is 12.0 Å². The molecular weight excluding hydrogens is 883 g/mol. The van der Waals surface area contributed by atoms with E-state index in [-0.39, 0.29) is 19.9 Å². The monoisotopic (exact) mass is 929 g/mol. The van der Waals surface area contributed by atoms with E-state index >= 15 is 0 Å². The van der Waals surface area contributed by atoms with E-state index in [1.807, 2.05) is 12.1 Å². The van der Waals surface area contributed by atoms with E-state index in [1.54, 1.807) is 92.6 Å². The summed E-state index contributed by atoms with van der Waals surface area (Å²) in [4.78, 5) is 67.8. The highest BCUT2D eigenvalue weighted by molar-refractivity contribution is 8.24. The number of fused-ring (bicyclic) bond motifs is 2. The highest BCUT2D eigenvalue weighted by atomic mass is 32.2. The highest BCUT2D eigenvalue weighted by Gasteiger charge is 2.43. The van der Waals surface area contributed by atoms with Crippen molar-refractivity contribution in [3.05, 3.63) is 52.7 Å². The molecule has 0 aliphatic rings. The largest absolute Gasteiger partial charge is 0.484 e. The number of carbonyl (C=O) groups is 4. The Labute approximate surface area is 370 Å². The minimum atomic E-state index is -1.86. The molecule has 316 valence electrons. The number of hydrogen-bond acceptors (Lipinski definition) is 18. The van der Waals surface area contributed by atoms with Gasteiger partial charge in [0, 0.05) is 24.4 Å². The maximum absolute atomic E-state index is 13.8. The lowest BCUT2D eigenvalue weighted by Crippen LogP contribution is -2.61. The average molecular weight is 930 g/mol. The molecule has 0 spiro atoms. The smallest absolute Gasteiger partial charge is 0.322 e. The number of benzene rings is 2. The van der Waals surface area contributed by atoms with Crippen LogP contribution in [0.1, 0.15) is 62.3 Å². The Kier molecular flexibility index (Phi) is 18.2. The van der Waals surface area contributed by atoms with Gasteiger partial charge in [0.1, 0.15) is 45.4 Å². The fraction of sp³-hybridized carbons (Fsp3) is 0.487. The van der Waals surface area contributed by atoms with E-state index in [0.717, 1.165) is 44.7 Å². The number of thiocarbonyl (C=S) groups is 3. The zero-order valence-electron chi connectivity index (χ0n) is 33.6. The SMILES string of the molecule is CCOC(=S)SC(C)(C)C(=O)OCC(COC(=O)C(C)(C)SC(C)=S)(COC(=O)C(C)(C)SC(=S)OCC)NC(=O)COc1ccc2sc3ccccc3c(=O)c2c1. The third-order valence-electron chi connectivity index (χ3n) is 7.84. The van der Waals surface area contributed by atoms with Crippen LogP contribution in [0.15, 0.2) is 47.3 Å². The Morgan fingerprint density at radius 2 is 1.14 bits per heavy atom. The van der Waals surface area contributed by atoms with Crippen LogP contribution in [0.25, 0.3) is 20.2 Å². The van der Waals surface area contributed by atoms with Crippen LogP contribution in [0.5, 0.6) is 5.75 Å². The molecule has 3 rings (SSSR count). The molecule has 1 N–H and O–H groups in total. The van der Waals surface area contributed by atoms with Gasteiger partial charge < -0.3 is 33.7 Å². The van der Waals surface area contributed by atoms with E-state index in [4.69, 9.17) is 65.1 Å². The van der Waals surface area contributed by atoms with Gasteiger partial charge in [-0.1, -0.05) is 47.9 Å². The minimum absolute atomic E-state index is 0.119. The number of hydrogen-bond donors (Lipinski definition) is 1. The van der Waals surface area contributed by atoms with Crippen molar-refractivity contribution in [3.8, 4) is 5.75 Å². The first kappa shape index (κ1) is 49.3. The number of nitrogens with one attached hydrogen (secondary N) is 1. The van der Waals surface area contributed by atoms with Gasteiger partial charge in [-0.3, -0.25) is 24.0 Å². The zero-order valence-corrected chi connectivity index (χ0v) is 39.3. The third kappa shape index (κ3) is 14.3. The Bertz CT molecular complexity index is 2050. The van der Waals surface area contributed by atoms with Gasteiger partial charge in [0.05, 0.1) is 13.2 Å². The molecule has 0 saturated carbocycles. The molecule has 0 atom stereocenters. The number of amides is 1. The maximum atomic E-state index is 13.8. The molecule has 58 heavy (non-hydrogen) atoms. The lowest BCUT2D eigenvalue weighted by atomic mass is 10.0. The average Bonchev–Trinajstić information content (AvgIpc) is 3.13. The zero-order chi connectivity index (χ0) is 43.5. The van der Waals surface area contributed by atoms with E-state index in [1.165, 1.54) is 11.3 Å². The molecule has 1 amide bonds. The molecule has 0 bridgehead atoms. The first-order valence-electron chi connectivity index (χ1n) is 17.9. The number of esters is 3. The van der Waals surface area contributed by atoms with Crippen molar-refractivity contribution in [3.63, 3.8) is 0 Å². The van der Waals surface area contributed by atoms with Crippen LogP contribution in [-0.2, 0) is 42.9 Å². The van der Waals surface area contributed by atoms with Crippen molar-refractivity contribution in [1.82, 2.24) is 5.32 Å². The summed E-state index contributed by atoms with van der Waals surface area (Å²) < 4.78 is 32.6. The second-order valence-corrected chi connectivity index (χ2v) is 22.4. The predicted molar refractivity (Wildman–Crippen MR) is 247 cm³/mol. The molecule has 0 aliphatic heterocycles. The van der Waals surface area contributed by atoms with Crippen LogP contribution in [0.3, 0.4) is 0 Å². The van der Waals surface area contributed by atoms with Gasteiger partial charge in [-0.05, 0) is 117 Å². The number of ether oxygens (including phenoxy) is 6. The molecule has 2 aromatic carbocycles. The summed E-state index contributed by atoms with van der Waals surface area (Å²) in [5.74, 6) is -2.73. The van der Waals surface area contributed by atoms with E-state index in [0.29, 0.717) is 28.2 Å². The summed E-state index contributed by atoms with van der Waals surface area (Å²) in [6.45, 7) is 12.8. The molecular formula is C39H47NO11S7. The van der Waals surface area contributed by atoms with Gasteiger partial charge in [0.25, 0.3) is 5.91 Å². The minimum Gasteiger partial charge on any atom is -0.484 e. The topological polar surface area (TPSA) is 153 Å². The van der Waals surface area contributed by atoms with Gasteiger partial charge in [-0.2, -0.15) is 0 Å². The number of rotatable bonds is 18. The van der Waals surface area contributed by atoms with Crippen molar-refractivity contribution in [2.24, 2.45) is 0 Å². The molecule has 12 nitrogen and oxygen atoms in total. The van der Waals surface area contributed by atoms with Crippen LogP contribution >= 0.6 is 83.3 Å². The summed E-state index contributed by atoms with van der Waals surface area (Å²) in [6, 6.07) is 12.2. The highest BCUT2D eigenvalue weighted by Crippen LogP contribution is 2.32. The van der Waals surface area contributed by atoms with Crippen LogP contribution in [-0.4, -0.2) is 96.2 Å². The van der Waals surface area contributed by atoms with Crippen molar-refractivity contribution < 1.29 is 47.6 Å². The molecule has 1 heterocycles. The first-order valence-corrected chi connectivity index (χ1v) is 22.4. The van der Waals surface area contributed by atoms with E-state index in [2.05, 4.69) is 5.32 Å². The Morgan fingerprint density at radius 3 is 1.62 bits per heavy atom. The summed E-state index contributed by atoms with van der Waals surface area (Å²) in [5, 5.41) is 3.73. The van der Waals surface area contributed by atoms with Gasteiger partial charge in [-0.25, -0.2) is 0 Å². The van der Waals surface area contributed by atoms with Crippen LogP contribution < -0.4 is 15.5 Å². The lowest BCUT2D eigenvalue weighted by molar-refractivity contribution is -0.161. The Morgan fingerprint density at radius 1 is 0.672 bits per heavy atom. The second-order valence-electron chi connectivity index (χ2n) is 14.1. The molecule has 0 radical (unpaired) electrons. The normalized spacial score (nSPS) is 12.0. The number of thioether (sulfide) groups is 3. The fourth-order valence-corrected chi connectivity index (χ4v) is 10.4. The summed E-state index contributed by atoms with van der Waals surface area (Å²) in [5.41, 5.74) is -2.04. The molecule has 3 aromatic rings. The summed E-state index contributed by atoms with van der Waals surface area (Å²) in [6.07, 6.45) is 0. The summed E-state index contributed by atoms with van der Waals surface area (Å²) >= 11 is 20.2. The Balaban J connectivity index is 1.99. The molecule has 1 aromatic heterocycles. The van der Waals surface area contributed by atoms with Crippen molar-refractivity contribution in [1.29, 1.82) is 0 Å². The first-order chi connectivity index (χ1) is 27.0. The lowest BCUT2D eigenvalue weighted by Gasteiger charge is -2.36. The predicted octanol–water partition coefficient (Wildman–Crippen LogP) is 7.80. The van der Waals surface area contributed by atoms with Crippen molar-refractivity contribution in [2.45, 2.75) is 82.1 Å². The molecule has 0 fully saturated rings. The maximum Gasteiger partial charge on any atom is 0.322 e. The quantitative estimate of drug-likeness (QED) is 0.0571. The van der Waals surface area contributed by atoms with Gasteiger partial charge in [-0.15, -0.1) is 23.1 Å². The molecule has 19 heteroatoms. The Hall–Kier alpha value is -3.07. The van der Waals surface area contributed by atoms with Crippen molar-refractivity contribution in [2.75, 3.05) is 39.6 Å². The second kappa shape index (κ2) is 21.4. The summed E-state index contributed by atoms with van der Waals surface area (Å²) in [7, 11) is 0. The van der Waals surface area contributed by atoms with Crippen LogP contribution in [0.4, 0.5) is 0 Å². The van der Waals surface area contributed by atoms with Gasteiger partial charge >= 0.3 is 17.9 Å². The molecule has 0 unspecified atom stereocenters. The van der Waals surface area contributed by atoms with Crippen LogP contribution in [0, 0.1) is 0 Å². The van der Waals surface area contributed by atoms with E-state index in [9.17, 15) is 24.0 Å². The van der Waals surface area contributed by atoms with Gasteiger partial charge in [0.2, 0.25) is 8.77 Å². The standard InChI is InChI=1S/C39H47NO11S7/c1-10-46-34(53)57-37(6,7)32(44)50-21-39(20-49-31(43)36(4,5)56-23(3)52,22-51-33(45)38(8,9)58-35(54)47-11-2)40-29(41)19-48-24-16-17-28-26(18-24)30(42)25-14-12-13-15-27(25)55-28/h12-18H,10-11,19-22H2,1-9H3,(H,40,41).